The van der Waals surface area contributed by atoms with Crippen molar-refractivity contribution < 1.29 is 8.42 Å². The SMILES string of the molecule is CCS(=O)(=O)c1c(N)nsc1NCCc1ccsc1. The largest absolute Gasteiger partial charge is 0.382 e. The highest BCUT2D eigenvalue weighted by atomic mass is 32.2. The van der Waals surface area contributed by atoms with E-state index in [-0.39, 0.29) is 16.5 Å². The van der Waals surface area contributed by atoms with Gasteiger partial charge in [-0.15, -0.1) is 0 Å². The monoisotopic (exact) mass is 317 g/mol. The van der Waals surface area contributed by atoms with Gasteiger partial charge in [0.05, 0.1) is 5.75 Å². The molecule has 0 aliphatic heterocycles. The first-order valence-corrected chi connectivity index (χ1v) is 9.14. The molecule has 2 rings (SSSR count). The lowest BCUT2D eigenvalue weighted by Crippen LogP contribution is -2.10. The second kappa shape index (κ2) is 5.89. The molecule has 0 aromatic carbocycles. The number of hydrogen-bond donors (Lipinski definition) is 2. The molecule has 0 saturated heterocycles. The van der Waals surface area contributed by atoms with E-state index in [4.69, 9.17) is 5.73 Å². The van der Waals surface area contributed by atoms with E-state index < -0.39 is 9.84 Å². The predicted octanol–water partition coefficient (Wildman–Crippen LogP) is 2.24. The van der Waals surface area contributed by atoms with Crippen LogP contribution in [0, 0.1) is 0 Å². The van der Waals surface area contributed by atoms with Crippen LogP contribution in [0.5, 0.6) is 0 Å². The van der Waals surface area contributed by atoms with Gasteiger partial charge in [-0.1, -0.05) is 6.92 Å². The number of nitrogens with zero attached hydrogens (tertiary/aromatic N) is 1. The molecule has 0 saturated carbocycles. The lowest BCUT2D eigenvalue weighted by atomic mass is 10.2. The van der Waals surface area contributed by atoms with Crippen LogP contribution in [0.15, 0.2) is 21.7 Å². The van der Waals surface area contributed by atoms with E-state index in [1.54, 1.807) is 18.3 Å². The minimum absolute atomic E-state index is 0.0226. The molecule has 2 aromatic heterocycles. The second-order valence-corrected chi connectivity index (χ2v) is 7.71. The smallest absolute Gasteiger partial charge is 0.184 e. The number of sulfone groups is 1. The van der Waals surface area contributed by atoms with Crippen LogP contribution >= 0.6 is 22.9 Å². The third-order valence-electron chi connectivity index (χ3n) is 2.64. The van der Waals surface area contributed by atoms with Crippen molar-refractivity contribution in [3.05, 3.63) is 22.4 Å². The summed E-state index contributed by atoms with van der Waals surface area (Å²) in [4.78, 5) is 0.144. The number of aromatic nitrogens is 1. The highest BCUT2D eigenvalue weighted by Gasteiger charge is 2.23. The fourth-order valence-corrected chi connectivity index (χ4v) is 4.50. The molecule has 3 N–H and O–H groups in total. The summed E-state index contributed by atoms with van der Waals surface area (Å²) in [5.74, 6) is 0.110. The second-order valence-electron chi connectivity index (χ2n) is 3.94. The lowest BCUT2D eigenvalue weighted by molar-refractivity contribution is 0.598. The van der Waals surface area contributed by atoms with Gasteiger partial charge in [-0.3, -0.25) is 0 Å². The number of hydrogen-bond acceptors (Lipinski definition) is 7. The Morgan fingerprint density at radius 1 is 1.47 bits per heavy atom. The zero-order valence-corrected chi connectivity index (χ0v) is 12.9. The molecule has 0 spiro atoms. The molecular formula is C11H15N3O2S3. The molecule has 0 aliphatic rings. The van der Waals surface area contributed by atoms with Crippen molar-refractivity contribution in [2.75, 3.05) is 23.3 Å². The van der Waals surface area contributed by atoms with E-state index in [1.165, 1.54) is 5.56 Å². The fraction of sp³-hybridized carbons (Fsp3) is 0.364. The average molecular weight is 317 g/mol. The number of nitrogen functional groups attached to an aromatic ring is 1. The maximum absolute atomic E-state index is 11.9. The Balaban J connectivity index is 2.09. The van der Waals surface area contributed by atoms with Crippen LogP contribution in [0.25, 0.3) is 0 Å². The Kier molecular flexibility index (Phi) is 4.43. The van der Waals surface area contributed by atoms with Gasteiger partial charge in [-0.25, -0.2) is 8.42 Å². The highest BCUT2D eigenvalue weighted by molar-refractivity contribution is 7.91. The van der Waals surface area contributed by atoms with Crippen LogP contribution < -0.4 is 11.1 Å². The molecule has 19 heavy (non-hydrogen) atoms. The lowest BCUT2D eigenvalue weighted by Gasteiger charge is -2.06. The van der Waals surface area contributed by atoms with Gasteiger partial charge in [0.1, 0.15) is 9.90 Å². The maximum Gasteiger partial charge on any atom is 0.184 e. The van der Waals surface area contributed by atoms with Crippen molar-refractivity contribution in [3.63, 3.8) is 0 Å². The number of anilines is 2. The van der Waals surface area contributed by atoms with Crippen molar-refractivity contribution in [3.8, 4) is 0 Å². The summed E-state index contributed by atoms with van der Waals surface area (Å²) in [6.07, 6.45) is 0.840. The van der Waals surface area contributed by atoms with Gasteiger partial charge >= 0.3 is 0 Å². The van der Waals surface area contributed by atoms with Gasteiger partial charge in [0, 0.05) is 6.54 Å². The van der Waals surface area contributed by atoms with Crippen molar-refractivity contribution >= 4 is 43.5 Å². The van der Waals surface area contributed by atoms with Crippen molar-refractivity contribution in [2.24, 2.45) is 0 Å². The van der Waals surface area contributed by atoms with Crippen LogP contribution in [0.4, 0.5) is 10.8 Å². The van der Waals surface area contributed by atoms with Gasteiger partial charge in [-0.2, -0.15) is 15.7 Å². The number of rotatable bonds is 6. The van der Waals surface area contributed by atoms with Gasteiger partial charge in [0.15, 0.2) is 15.7 Å². The Labute approximate surface area is 120 Å². The van der Waals surface area contributed by atoms with Crippen LogP contribution in [0.3, 0.4) is 0 Å². The standard InChI is InChI=1S/C11H15N3O2S3/c1-2-19(15,16)9-10(12)14-18-11(9)13-5-3-8-4-6-17-7-8/h4,6-7,13H,2-3,5H2,1H3,(H2,12,14). The molecule has 0 atom stereocenters. The summed E-state index contributed by atoms with van der Waals surface area (Å²) >= 11 is 2.74. The first-order chi connectivity index (χ1) is 9.04. The van der Waals surface area contributed by atoms with E-state index in [1.807, 2.05) is 5.38 Å². The molecule has 5 nitrogen and oxygen atoms in total. The van der Waals surface area contributed by atoms with Crippen LogP contribution in [0.1, 0.15) is 12.5 Å². The summed E-state index contributed by atoms with van der Waals surface area (Å²) < 4.78 is 27.8. The minimum Gasteiger partial charge on any atom is -0.382 e. The highest BCUT2D eigenvalue weighted by Crippen LogP contribution is 2.32. The summed E-state index contributed by atoms with van der Waals surface area (Å²) in [7, 11) is -3.34. The van der Waals surface area contributed by atoms with Gasteiger partial charge in [0.2, 0.25) is 0 Å². The molecule has 0 amide bonds. The third kappa shape index (κ3) is 3.26. The van der Waals surface area contributed by atoms with E-state index in [0.29, 0.717) is 11.5 Å². The van der Waals surface area contributed by atoms with Crippen molar-refractivity contribution in [1.29, 1.82) is 0 Å². The minimum atomic E-state index is -3.34. The van der Waals surface area contributed by atoms with E-state index >= 15 is 0 Å². The van der Waals surface area contributed by atoms with Crippen LogP contribution in [-0.4, -0.2) is 25.1 Å². The summed E-state index contributed by atoms with van der Waals surface area (Å²) in [6.45, 7) is 2.26. The normalized spacial score (nSPS) is 11.6. The van der Waals surface area contributed by atoms with Gasteiger partial charge < -0.3 is 11.1 Å². The molecular weight excluding hydrogens is 302 g/mol. The quantitative estimate of drug-likeness (QED) is 0.853. The first kappa shape index (κ1) is 14.3. The van der Waals surface area contributed by atoms with Crippen LogP contribution in [-0.2, 0) is 16.3 Å². The van der Waals surface area contributed by atoms with E-state index in [0.717, 1.165) is 18.0 Å². The van der Waals surface area contributed by atoms with Crippen LogP contribution in [0.2, 0.25) is 0 Å². The van der Waals surface area contributed by atoms with Crippen molar-refractivity contribution in [2.45, 2.75) is 18.2 Å². The number of nitrogens with one attached hydrogen (secondary N) is 1. The predicted molar refractivity (Wildman–Crippen MR) is 80.8 cm³/mol. The zero-order chi connectivity index (χ0) is 13.9. The molecule has 2 aromatic rings. The molecule has 2 heterocycles. The maximum atomic E-state index is 11.9. The molecule has 0 unspecified atom stereocenters. The topological polar surface area (TPSA) is 85.1 Å². The van der Waals surface area contributed by atoms with E-state index in [9.17, 15) is 8.42 Å². The number of nitrogens with two attached hydrogens (primary N) is 1. The summed E-state index contributed by atoms with van der Waals surface area (Å²) in [5.41, 5.74) is 6.88. The molecule has 0 bridgehead atoms. The van der Waals surface area contributed by atoms with Crippen molar-refractivity contribution in [1.82, 2.24) is 4.37 Å². The Morgan fingerprint density at radius 2 is 2.26 bits per heavy atom. The first-order valence-electron chi connectivity index (χ1n) is 5.77. The summed E-state index contributed by atoms with van der Waals surface area (Å²) in [6, 6.07) is 2.05. The average Bonchev–Trinajstić information content (AvgIpc) is 3.00. The van der Waals surface area contributed by atoms with Gasteiger partial charge in [-0.05, 0) is 40.3 Å². The zero-order valence-electron chi connectivity index (χ0n) is 10.4. The molecule has 0 radical (unpaired) electrons. The van der Waals surface area contributed by atoms with Gasteiger partial charge in [0.25, 0.3) is 0 Å². The Hall–Kier alpha value is -1.12. The molecule has 8 heteroatoms. The third-order valence-corrected chi connectivity index (χ3v) is 6.12. The summed E-state index contributed by atoms with van der Waals surface area (Å²) in [5, 5.41) is 7.75. The molecule has 104 valence electrons. The number of thiophene rings is 1. The fourth-order valence-electron chi connectivity index (χ4n) is 1.61. The Morgan fingerprint density at radius 3 is 2.89 bits per heavy atom. The molecule has 0 aliphatic carbocycles. The Bertz CT molecular complexity index is 632. The van der Waals surface area contributed by atoms with E-state index in [2.05, 4.69) is 21.1 Å². The molecule has 0 fully saturated rings.